The van der Waals surface area contributed by atoms with Crippen molar-refractivity contribution in [1.29, 1.82) is 0 Å². The molecule has 2 aliphatic rings. The third-order valence-electron chi connectivity index (χ3n) is 5.35. The fourth-order valence-corrected chi connectivity index (χ4v) is 4.03. The van der Waals surface area contributed by atoms with Crippen LogP contribution in [-0.4, -0.2) is 44.2 Å². The summed E-state index contributed by atoms with van der Waals surface area (Å²) in [7, 11) is 0. The van der Waals surface area contributed by atoms with Crippen molar-refractivity contribution in [3.05, 3.63) is 54.3 Å². The first-order valence-corrected chi connectivity index (χ1v) is 9.41. The Hall–Kier alpha value is -2.07. The molecule has 0 saturated carbocycles. The van der Waals surface area contributed by atoms with Crippen molar-refractivity contribution >= 4 is 17.1 Å². The fourth-order valence-electron chi connectivity index (χ4n) is 4.03. The average molecular weight is 339 g/mol. The van der Waals surface area contributed by atoms with Gasteiger partial charge in [0.15, 0.2) is 0 Å². The van der Waals surface area contributed by atoms with E-state index in [1.807, 2.05) is 12.1 Å². The van der Waals surface area contributed by atoms with Crippen LogP contribution < -0.4 is 9.80 Å². The molecule has 0 amide bonds. The molecule has 0 aromatic heterocycles. The zero-order chi connectivity index (χ0) is 17.1. The minimum absolute atomic E-state index is 0.183. The Morgan fingerprint density at radius 1 is 0.760 bits per heavy atom. The summed E-state index contributed by atoms with van der Waals surface area (Å²) in [5.41, 5.74) is 3.58. The molecule has 2 aromatic rings. The van der Waals surface area contributed by atoms with Crippen molar-refractivity contribution in [1.82, 2.24) is 4.90 Å². The Balaban J connectivity index is 1.47. The number of benzene rings is 2. The number of nitrogens with zero attached hydrogens (tertiary/aromatic N) is 3. The van der Waals surface area contributed by atoms with E-state index >= 15 is 0 Å². The van der Waals surface area contributed by atoms with Gasteiger partial charge in [-0.3, -0.25) is 0 Å². The number of likely N-dealkylation sites (tertiary alicyclic amines) is 1. The van der Waals surface area contributed by atoms with Gasteiger partial charge in [0, 0.05) is 25.3 Å². The lowest BCUT2D eigenvalue weighted by atomic mass is 10.1. The molecule has 2 aromatic carbocycles. The maximum absolute atomic E-state index is 13.2. The highest BCUT2D eigenvalue weighted by Crippen LogP contribution is 2.37. The number of para-hydroxylation sites is 2. The molecule has 132 valence electrons. The first kappa shape index (κ1) is 16.4. The summed E-state index contributed by atoms with van der Waals surface area (Å²) in [6.07, 6.45) is 3.93. The predicted octanol–water partition coefficient (Wildman–Crippen LogP) is 4.27. The lowest BCUT2D eigenvalue weighted by molar-refractivity contribution is 0.334. The number of hydrogen-bond donors (Lipinski definition) is 0. The Morgan fingerprint density at radius 3 is 2.24 bits per heavy atom. The summed E-state index contributed by atoms with van der Waals surface area (Å²) < 4.78 is 13.2. The molecule has 2 aliphatic heterocycles. The van der Waals surface area contributed by atoms with E-state index in [4.69, 9.17) is 0 Å². The second kappa shape index (κ2) is 7.44. The van der Waals surface area contributed by atoms with Gasteiger partial charge in [-0.15, -0.1) is 0 Å². The van der Waals surface area contributed by atoms with Crippen LogP contribution in [-0.2, 0) is 0 Å². The maximum atomic E-state index is 13.2. The van der Waals surface area contributed by atoms with Crippen molar-refractivity contribution in [2.45, 2.75) is 19.3 Å². The standard InChI is InChI=1S/C21H26FN3/c22-18-8-10-19(11-9-18)25-17-16-24(20-6-1-2-7-21(20)25)15-5-14-23-12-3-4-13-23/h1-2,6-11H,3-5,12-17H2. The third kappa shape index (κ3) is 3.64. The fraction of sp³-hybridized carbons (Fsp3) is 0.429. The molecule has 3 nitrogen and oxygen atoms in total. The zero-order valence-corrected chi connectivity index (χ0v) is 14.7. The zero-order valence-electron chi connectivity index (χ0n) is 14.7. The van der Waals surface area contributed by atoms with Gasteiger partial charge in [-0.2, -0.15) is 0 Å². The molecule has 4 heteroatoms. The first-order chi connectivity index (χ1) is 12.3. The van der Waals surface area contributed by atoms with Gasteiger partial charge < -0.3 is 14.7 Å². The second-order valence-electron chi connectivity index (χ2n) is 7.01. The minimum Gasteiger partial charge on any atom is -0.368 e. The van der Waals surface area contributed by atoms with Crippen LogP contribution in [0, 0.1) is 5.82 Å². The molecule has 2 heterocycles. The van der Waals surface area contributed by atoms with Crippen LogP contribution in [0.5, 0.6) is 0 Å². The van der Waals surface area contributed by atoms with Gasteiger partial charge in [-0.25, -0.2) is 4.39 Å². The van der Waals surface area contributed by atoms with E-state index in [0.717, 1.165) is 25.3 Å². The van der Waals surface area contributed by atoms with Crippen LogP contribution >= 0.6 is 0 Å². The monoisotopic (exact) mass is 339 g/mol. The van der Waals surface area contributed by atoms with E-state index in [1.165, 1.54) is 50.3 Å². The number of halogens is 1. The molecule has 0 unspecified atom stereocenters. The highest BCUT2D eigenvalue weighted by molar-refractivity contribution is 5.79. The van der Waals surface area contributed by atoms with E-state index < -0.39 is 0 Å². The van der Waals surface area contributed by atoms with Crippen molar-refractivity contribution in [2.24, 2.45) is 0 Å². The van der Waals surface area contributed by atoms with Crippen molar-refractivity contribution in [3.63, 3.8) is 0 Å². The molecule has 25 heavy (non-hydrogen) atoms. The van der Waals surface area contributed by atoms with Gasteiger partial charge in [-0.1, -0.05) is 12.1 Å². The highest BCUT2D eigenvalue weighted by Gasteiger charge is 2.23. The number of anilines is 3. The van der Waals surface area contributed by atoms with Gasteiger partial charge in [0.1, 0.15) is 5.82 Å². The summed E-state index contributed by atoms with van der Waals surface area (Å²) in [5, 5.41) is 0. The molecular weight excluding hydrogens is 313 g/mol. The lowest BCUT2D eigenvalue weighted by Crippen LogP contribution is -2.40. The smallest absolute Gasteiger partial charge is 0.123 e. The third-order valence-corrected chi connectivity index (χ3v) is 5.35. The van der Waals surface area contributed by atoms with E-state index in [0.29, 0.717) is 0 Å². The summed E-state index contributed by atoms with van der Waals surface area (Å²) in [6, 6.07) is 15.4. The quantitative estimate of drug-likeness (QED) is 0.805. The normalized spacial score (nSPS) is 17.8. The molecular formula is C21H26FN3. The Bertz CT molecular complexity index is 695. The molecule has 0 N–H and O–H groups in total. The lowest BCUT2D eigenvalue weighted by Gasteiger charge is -2.39. The van der Waals surface area contributed by atoms with Gasteiger partial charge >= 0.3 is 0 Å². The molecule has 1 fully saturated rings. The molecule has 0 radical (unpaired) electrons. The van der Waals surface area contributed by atoms with E-state index in [-0.39, 0.29) is 5.82 Å². The largest absolute Gasteiger partial charge is 0.368 e. The van der Waals surface area contributed by atoms with Gasteiger partial charge in [0.05, 0.1) is 11.4 Å². The van der Waals surface area contributed by atoms with Crippen molar-refractivity contribution < 1.29 is 4.39 Å². The summed E-state index contributed by atoms with van der Waals surface area (Å²) in [6.45, 7) is 6.80. The molecule has 0 bridgehead atoms. The van der Waals surface area contributed by atoms with E-state index in [9.17, 15) is 4.39 Å². The molecule has 0 spiro atoms. The Kier molecular flexibility index (Phi) is 4.88. The summed E-state index contributed by atoms with van der Waals surface area (Å²) >= 11 is 0. The second-order valence-corrected chi connectivity index (χ2v) is 7.01. The molecule has 4 rings (SSSR count). The number of hydrogen-bond acceptors (Lipinski definition) is 3. The van der Waals surface area contributed by atoms with E-state index in [2.05, 4.69) is 39.0 Å². The van der Waals surface area contributed by atoms with E-state index in [1.54, 1.807) is 12.1 Å². The number of rotatable bonds is 5. The van der Waals surface area contributed by atoms with Gasteiger partial charge in [0.25, 0.3) is 0 Å². The summed E-state index contributed by atoms with van der Waals surface area (Å²) in [5.74, 6) is -0.183. The molecule has 0 aliphatic carbocycles. The van der Waals surface area contributed by atoms with Crippen LogP contribution in [0.3, 0.4) is 0 Å². The van der Waals surface area contributed by atoms with Crippen LogP contribution in [0.1, 0.15) is 19.3 Å². The van der Waals surface area contributed by atoms with Gasteiger partial charge in [0.2, 0.25) is 0 Å². The van der Waals surface area contributed by atoms with Crippen LogP contribution in [0.2, 0.25) is 0 Å². The highest BCUT2D eigenvalue weighted by atomic mass is 19.1. The minimum atomic E-state index is -0.183. The van der Waals surface area contributed by atoms with Gasteiger partial charge in [-0.05, 0) is 75.3 Å². The number of fused-ring (bicyclic) bond motifs is 1. The maximum Gasteiger partial charge on any atom is 0.123 e. The molecule has 0 atom stereocenters. The predicted molar refractivity (Wildman–Crippen MR) is 102 cm³/mol. The SMILES string of the molecule is Fc1ccc(N2CCN(CCCN3CCCC3)c3ccccc32)cc1. The summed E-state index contributed by atoms with van der Waals surface area (Å²) in [4.78, 5) is 7.39. The van der Waals surface area contributed by atoms with Crippen LogP contribution in [0.25, 0.3) is 0 Å². The van der Waals surface area contributed by atoms with Crippen molar-refractivity contribution in [2.75, 3.05) is 49.1 Å². The molecule has 1 saturated heterocycles. The van der Waals surface area contributed by atoms with Crippen LogP contribution in [0.15, 0.2) is 48.5 Å². The Morgan fingerprint density at radius 2 is 1.48 bits per heavy atom. The van der Waals surface area contributed by atoms with Crippen molar-refractivity contribution in [3.8, 4) is 0 Å². The first-order valence-electron chi connectivity index (χ1n) is 9.41. The Labute approximate surface area is 149 Å². The topological polar surface area (TPSA) is 9.72 Å². The average Bonchev–Trinajstić information content (AvgIpc) is 3.16. The van der Waals surface area contributed by atoms with Crippen LogP contribution in [0.4, 0.5) is 21.5 Å².